The van der Waals surface area contributed by atoms with E-state index in [1.807, 2.05) is 19.1 Å². The number of rotatable bonds is 5. The molecule has 0 fully saturated rings. The summed E-state index contributed by atoms with van der Waals surface area (Å²) in [4.78, 5) is 0. The third-order valence-corrected chi connectivity index (χ3v) is 3.74. The van der Waals surface area contributed by atoms with E-state index in [4.69, 9.17) is 4.74 Å². The molecule has 4 heteroatoms. The van der Waals surface area contributed by atoms with Crippen molar-refractivity contribution in [2.45, 2.75) is 31.5 Å². The molecule has 1 heterocycles. The molecule has 0 bridgehead atoms. The molecule has 0 saturated carbocycles. The van der Waals surface area contributed by atoms with E-state index in [-0.39, 0.29) is 19.3 Å². The molecule has 1 unspecified atom stereocenters. The second-order valence-electron chi connectivity index (χ2n) is 4.86. The molecule has 0 amide bonds. The maximum absolute atomic E-state index is 9.49. The van der Waals surface area contributed by atoms with E-state index in [0.717, 1.165) is 0 Å². The fraction of sp³-hybridized carbons (Fsp3) is 0.571. The van der Waals surface area contributed by atoms with Crippen LogP contribution in [0, 0.1) is 0 Å². The zero-order valence-electron chi connectivity index (χ0n) is 10.7. The summed E-state index contributed by atoms with van der Waals surface area (Å²) in [5.41, 5.74) is 1.73. The van der Waals surface area contributed by atoms with Crippen molar-refractivity contribution >= 4 is 0 Å². The quantitative estimate of drug-likeness (QED) is 0.730. The molecule has 1 aromatic rings. The van der Waals surface area contributed by atoms with Crippen molar-refractivity contribution in [3.05, 3.63) is 35.4 Å². The summed E-state index contributed by atoms with van der Waals surface area (Å²) >= 11 is 0. The van der Waals surface area contributed by atoms with E-state index >= 15 is 0 Å². The van der Waals surface area contributed by atoms with E-state index in [2.05, 4.69) is 17.4 Å². The van der Waals surface area contributed by atoms with Gasteiger partial charge >= 0.3 is 0 Å². The molecular formula is C14H21NO3. The standard InChI is InChI=1S/C14H21NO3/c1-2-14(9-16,10-17)15-13-8-18-7-11-5-3-4-6-12(11)13/h3-6,13,15-17H,2,7-10H2,1H3. The highest BCUT2D eigenvalue weighted by Crippen LogP contribution is 2.27. The summed E-state index contributed by atoms with van der Waals surface area (Å²) in [7, 11) is 0. The lowest BCUT2D eigenvalue weighted by Gasteiger charge is -2.37. The number of benzene rings is 1. The van der Waals surface area contributed by atoms with Gasteiger partial charge in [0.1, 0.15) is 0 Å². The molecular weight excluding hydrogens is 230 g/mol. The monoisotopic (exact) mass is 251 g/mol. The van der Waals surface area contributed by atoms with Gasteiger partial charge in [-0.2, -0.15) is 0 Å². The van der Waals surface area contributed by atoms with Crippen LogP contribution in [0.4, 0.5) is 0 Å². The molecule has 18 heavy (non-hydrogen) atoms. The first kappa shape index (κ1) is 13.5. The van der Waals surface area contributed by atoms with Gasteiger partial charge in [-0.3, -0.25) is 5.32 Å². The molecule has 1 atom stereocenters. The number of aliphatic hydroxyl groups is 2. The van der Waals surface area contributed by atoms with Crippen LogP contribution < -0.4 is 5.32 Å². The molecule has 0 spiro atoms. The van der Waals surface area contributed by atoms with Gasteiger partial charge < -0.3 is 14.9 Å². The van der Waals surface area contributed by atoms with Crippen LogP contribution in [0.25, 0.3) is 0 Å². The van der Waals surface area contributed by atoms with Gasteiger partial charge in [0, 0.05) is 0 Å². The lowest BCUT2D eigenvalue weighted by atomic mass is 9.92. The molecule has 4 nitrogen and oxygen atoms in total. The molecule has 2 rings (SSSR count). The largest absolute Gasteiger partial charge is 0.394 e. The number of fused-ring (bicyclic) bond motifs is 1. The van der Waals surface area contributed by atoms with Gasteiger partial charge in [-0.15, -0.1) is 0 Å². The van der Waals surface area contributed by atoms with Crippen LogP contribution in [-0.2, 0) is 11.3 Å². The van der Waals surface area contributed by atoms with E-state index in [0.29, 0.717) is 19.6 Å². The average molecular weight is 251 g/mol. The number of nitrogens with one attached hydrogen (secondary N) is 1. The highest BCUT2D eigenvalue weighted by atomic mass is 16.5. The van der Waals surface area contributed by atoms with Crippen LogP contribution in [0.2, 0.25) is 0 Å². The van der Waals surface area contributed by atoms with Gasteiger partial charge in [-0.05, 0) is 17.5 Å². The predicted octanol–water partition coefficient (Wildman–Crippen LogP) is 0.981. The summed E-state index contributed by atoms with van der Waals surface area (Å²) in [6, 6.07) is 8.15. The SMILES string of the molecule is CCC(CO)(CO)NC1COCc2ccccc21. The molecule has 1 aliphatic heterocycles. The lowest BCUT2D eigenvalue weighted by molar-refractivity contribution is 0.0359. The number of hydrogen-bond donors (Lipinski definition) is 3. The van der Waals surface area contributed by atoms with Crippen molar-refractivity contribution in [3.63, 3.8) is 0 Å². The van der Waals surface area contributed by atoms with Crippen molar-refractivity contribution in [2.24, 2.45) is 0 Å². The van der Waals surface area contributed by atoms with Crippen LogP contribution in [0.15, 0.2) is 24.3 Å². The number of aliphatic hydroxyl groups excluding tert-OH is 2. The Kier molecular flexibility index (Phi) is 4.35. The third kappa shape index (κ3) is 2.57. The van der Waals surface area contributed by atoms with Gasteiger partial charge in [0.15, 0.2) is 0 Å². The molecule has 0 radical (unpaired) electrons. The second kappa shape index (κ2) is 5.80. The normalized spacial score (nSPS) is 19.6. The minimum Gasteiger partial charge on any atom is -0.394 e. The summed E-state index contributed by atoms with van der Waals surface area (Å²) in [6.07, 6.45) is 0.665. The molecule has 0 saturated heterocycles. The van der Waals surface area contributed by atoms with Crippen molar-refractivity contribution < 1.29 is 14.9 Å². The van der Waals surface area contributed by atoms with Gasteiger partial charge in [0.25, 0.3) is 0 Å². The highest BCUT2D eigenvalue weighted by Gasteiger charge is 2.32. The van der Waals surface area contributed by atoms with Crippen molar-refractivity contribution in [1.82, 2.24) is 5.32 Å². The Morgan fingerprint density at radius 1 is 1.33 bits per heavy atom. The maximum atomic E-state index is 9.49. The Labute approximate surface area is 108 Å². The van der Waals surface area contributed by atoms with Gasteiger partial charge in [-0.25, -0.2) is 0 Å². The summed E-state index contributed by atoms with van der Waals surface area (Å²) < 4.78 is 5.56. The van der Waals surface area contributed by atoms with Gasteiger partial charge in [0.2, 0.25) is 0 Å². The molecule has 0 aromatic heterocycles. The maximum Gasteiger partial charge on any atom is 0.0721 e. The van der Waals surface area contributed by atoms with Crippen molar-refractivity contribution in [2.75, 3.05) is 19.8 Å². The Bertz CT molecular complexity index is 382. The summed E-state index contributed by atoms with van der Waals surface area (Å²) in [5.74, 6) is 0. The minimum absolute atomic E-state index is 0.0224. The van der Waals surface area contributed by atoms with Crippen molar-refractivity contribution in [1.29, 1.82) is 0 Å². The molecule has 100 valence electrons. The average Bonchev–Trinajstić information content (AvgIpc) is 2.45. The van der Waals surface area contributed by atoms with E-state index < -0.39 is 5.54 Å². The van der Waals surface area contributed by atoms with Gasteiger partial charge in [-0.1, -0.05) is 31.2 Å². The summed E-state index contributed by atoms with van der Waals surface area (Å²) in [6.45, 7) is 2.98. The van der Waals surface area contributed by atoms with Crippen LogP contribution in [0.1, 0.15) is 30.5 Å². The number of hydrogen-bond acceptors (Lipinski definition) is 4. The predicted molar refractivity (Wildman–Crippen MR) is 69.2 cm³/mol. The molecule has 0 aliphatic carbocycles. The van der Waals surface area contributed by atoms with Crippen LogP contribution in [0.3, 0.4) is 0 Å². The molecule has 1 aromatic carbocycles. The topological polar surface area (TPSA) is 61.7 Å². The first-order valence-electron chi connectivity index (χ1n) is 6.39. The Morgan fingerprint density at radius 3 is 2.72 bits per heavy atom. The Hall–Kier alpha value is -0.940. The Morgan fingerprint density at radius 2 is 2.06 bits per heavy atom. The first-order valence-corrected chi connectivity index (χ1v) is 6.39. The molecule has 1 aliphatic rings. The smallest absolute Gasteiger partial charge is 0.0721 e. The van der Waals surface area contributed by atoms with Gasteiger partial charge in [0.05, 0.1) is 38.0 Å². The van der Waals surface area contributed by atoms with Crippen LogP contribution in [0.5, 0.6) is 0 Å². The zero-order chi connectivity index (χ0) is 13.0. The number of ether oxygens (including phenoxy) is 1. The Balaban J connectivity index is 2.20. The second-order valence-corrected chi connectivity index (χ2v) is 4.86. The zero-order valence-corrected chi connectivity index (χ0v) is 10.7. The summed E-state index contributed by atoms with van der Waals surface area (Å²) in [5, 5.41) is 22.3. The van der Waals surface area contributed by atoms with Crippen LogP contribution >= 0.6 is 0 Å². The van der Waals surface area contributed by atoms with E-state index in [1.54, 1.807) is 0 Å². The van der Waals surface area contributed by atoms with E-state index in [1.165, 1.54) is 11.1 Å². The van der Waals surface area contributed by atoms with Crippen LogP contribution in [-0.4, -0.2) is 35.6 Å². The third-order valence-electron chi connectivity index (χ3n) is 3.74. The first-order chi connectivity index (χ1) is 8.74. The highest BCUT2D eigenvalue weighted by molar-refractivity contribution is 5.31. The minimum atomic E-state index is -0.640. The van der Waals surface area contributed by atoms with E-state index in [9.17, 15) is 10.2 Å². The fourth-order valence-electron chi connectivity index (χ4n) is 2.34. The molecule has 3 N–H and O–H groups in total. The van der Waals surface area contributed by atoms with Crippen molar-refractivity contribution in [3.8, 4) is 0 Å². The lowest BCUT2D eigenvalue weighted by Crippen LogP contribution is -2.54. The fourth-order valence-corrected chi connectivity index (χ4v) is 2.34.